The van der Waals surface area contributed by atoms with E-state index in [0.717, 1.165) is 28.5 Å². The Kier molecular flexibility index (Phi) is 12.8. The van der Waals surface area contributed by atoms with Gasteiger partial charge in [0.15, 0.2) is 6.10 Å². The van der Waals surface area contributed by atoms with Crippen LogP contribution in [0, 0.1) is 0 Å². The van der Waals surface area contributed by atoms with Crippen LogP contribution in [0.25, 0.3) is 10.9 Å². The highest BCUT2D eigenvalue weighted by Gasteiger charge is 2.32. The van der Waals surface area contributed by atoms with E-state index in [4.69, 9.17) is 23.2 Å². The molecule has 0 radical (unpaired) electrons. The summed E-state index contributed by atoms with van der Waals surface area (Å²) in [5.41, 5.74) is 2.60. The van der Waals surface area contributed by atoms with Gasteiger partial charge < -0.3 is 31.4 Å². The van der Waals surface area contributed by atoms with Crippen molar-refractivity contribution in [3.05, 3.63) is 106 Å². The second kappa shape index (κ2) is 17.0. The van der Waals surface area contributed by atoms with Crippen LogP contribution in [0.5, 0.6) is 0 Å². The Bertz CT molecular complexity index is 1700. The van der Waals surface area contributed by atoms with E-state index in [1.165, 1.54) is 13.0 Å². The number of fused-ring (bicyclic) bond motifs is 1. The number of H-pyrrole nitrogens is 1. The molecular formula is C35H39Cl2N5O5. The summed E-state index contributed by atoms with van der Waals surface area (Å²) in [5.74, 6) is -2.44. The Morgan fingerprint density at radius 1 is 0.851 bits per heavy atom. The summed E-state index contributed by atoms with van der Waals surface area (Å²) >= 11 is 12.2. The third kappa shape index (κ3) is 9.57. The van der Waals surface area contributed by atoms with Gasteiger partial charge in [-0.2, -0.15) is 0 Å². The summed E-state index contributed by atoms with van der Waals surface area (Å²) in [6, 6.07) is 18.4. The molecule has 4 amide bonds. The molecule has 0 saturated heterocycles. The number of nitrogens with one attached hydrogen (secondary N) is 5. The Morgan fingerprint density at radius 2 is 1.57 bits per heavy atom. The third-order valence-corrected chi connectivity index (χ3v) is 8.64. The normalized spacial score (nSPS) is 13.6. The quantitative estimate of drug-likeness (QED) is 0.108. The maximum Gasteiger partial charge on any atom is 0.253 e. The minimum absolute atomic E-state index is 0.0559. The van der Waals surface area contributed by atoms with Crippen molar-refractivity contribution in [3.63, 3.8) is 0 Å². The van der Waals surface area contributed by atoms with E-state index >= 15 is 0 Å². The average molecular weight is 681 g/mol. The number of hydrogen-bond acceptors (Lipinski definition) is 5. The Labute approximate surface area is 283 Å². The average Bonchev–Trinajstić information content (AvgIpc) is 3.48. The number of aromatic amines is 1. The van der Waals surface area contributed by atoms with E-state index in [2.05, 4.69) is 26.3 Å². The van der Waals surface area contributed by atoms with Gasteiger partial charge >= 0.3 is 0 Å². The number of halogens is 2. The summed E-state index contributed by atoms with van der Waals surface area (Å²) in [5, 5.41) is 23.1. The van der Waals surface area contributed by atoms with Crippen LogP contribution in [0.1, 0.15) is 54.6 Å². The molecule has 0 aliphatic carbocycles. The topological polar surface area (TPSA) is 152 Å². The predicted molar refractivity (Wildman–Crippen MR) is 183 cm³/mol. The molecule has 12 heteroatoms. The molecular weight excluding hydrogens is 641 g/mol. The molecule has 0 fully saturated rings. The number of unbranched alkanes of at least 4 members (excludes halogenated alkanes) is 1. The van der Waals surface area contributed by atoms with Gasteiger partial charge in [0, 0.05) is 30.1 Å². The first kappa shape index (κ1) is 35.5. The molecule has 0 saturated carbocycles. The lowest BCUT2D eigenvalue weighted by atomic mass is 10.0. The molecule has 6 N–H and O–H groups in total. The zero-order valence-electron chi connectivity index (χ0n) is 26.2. The molecule has 4 atom stereocenters. The number of aliphatic hydroxyl groups is 1. The number of para-hydroxylation sites is 1. The van der Waals surface area contributed by atoms with Crippen molar-refractivity contribution in [1.82, 2.24) is 26.3 Å². The van der Waals surface area contributed by atoms with Gasteiger partial charge in [0.2, 0.25) is 11.8 Å². The van der Waals surface area contributed by atoms with Gasteiger partial charge in [0.05, 0.1) is 21.7 Å². The highest BCUT2D eigenvalue weighted by atomic mass is 35.5. The Hall–Kier alpha value is -4.38. The molecule has 2 unspecified atom stereocenters. The molecule has 0 spiro atoms. The summed E-state index contributed by atoms with van der Waals surface area (Å²) in [4.78, 5) is 56.3. The highest BCUT2D eigenvalue weighted by Crippen LogP contribution is 2.25. The van der Waals surface area contributed by atoms with Crippen molar-refractivity contribution >= 4 is 57.7 Å². The Morgan fingerprint density at radius 3 is 2.32 bits per heavy atom. The van der Waals surface area contributed by atoms with E-state index in [1.54, 1.807) is 18.3 Å². The van der Waals surface area contributed by atoms with Crippen molar-refractivity contribution < 1.29 is 24.3 Å². The molecule has 3 aromatic carbocycles. The molecule has 1 aromatic heterocycles. The van der Waals surface area contributed by atoms with Crippen LogP contribution >= 0.6 is 23.2 Å². The predicted octanol–water partition coefficient (Wildman–Crippen LogP) is 4.67. The maximum atomic E-state index is 13.9. The molecule has 4 aromatic rings. The molecule has 248 valence electrons. The lowest BCUT2D eigenvalue weighted by Gasteiger charge is -2.27. The number of amides is 4. The van der Waals surface area contributed by atoms with E-state index < -0.39 is 47.9 Å². The molecule has 1 heterocycles. The lowest BCUT2D eigenvalue weighted by Crippen LogP contribution is -2.57. The van der Waals surface area contributed by atoms with E-state index in [0.29, 0.717) is 12.8 Å². The van der Waals surface area contributed by atoms with Crippen molar-refractivity contribution in [2.45, 2.75) is 70.3 Å². The van der Waals surface area contributed by atoms with Gasteiger partial charge in [-0.05, 0) is 42.7 Å². The van der Waals surface area contributed by atoms with E-state index in [-0.39, 0.29) is 28.6 Å². The number of rotatable bonds is 15. The number of benzene rings is 3. The molecule has 0 aliphatic rings. The van der Waals surface area contributed by atoms with Gasteiger partial charge in [-0.15, -0.1) is 0 Å². The fourth-order valence-corrected chi connectivity index (χ4v) is 5.52. The van der Waals surface area contributed by atoms with Crippen molar-refractivity contribution in [3.8, 4) is 0 Å². The van der Waals surface area contributed by atoms with Crippen LogP contribution in [0.4, 0.5) is 0 Å². The summed E-state index contributed by atoms with van der Waals surface area (Å²) in [6.07, 6.45) is 2.09. The number of carbonyl (C=O) groups is 4. The van der Waals surface area contributed by atoms with Crippen LogP contribution in [-0.4, -0.2) is 57.9 Å². The molecule has 0 bridgehead atoms. The summed E-state index contributed by atoms with van der Waals surface area (Å²) in [6.45, 7) is 3.67. The second-order valence-electron chi connectivity index (χ2n) is 11.3. The highest BCUT2D eigenvalue weighted by molar-refractivity contribution is 6.43. The van der Waals surface area contributed by atoms with Crippen LogP contribution in [-0.2, 0) is 27.3 Å². The zero-order valence-corrected chi connectivity index (χ0v) is 27.7. The van der Waals surface area contributed by atoms with Crippen LogP contribution in [0.15, 0.2) is 79.0 Å². The minimum atomic E-state index is -1.53. The van der Waals surface area contributed by atoms with Gasteiger partial charge in [0.1, 0.15) is 12.1 Å². The fourth-order valence-electron chi connectivity index (χ4n) is 5.13. The van der Waals surface area contributed by atoms with Crippen molar-refractivity contribution in [2.24, 2.45) is 0 Å². The smallest absolute Gasteiger partial charge is 0.253 e. The van der Waals surface area contributed by atoms with Crippen molar-refractivity contribution in [2.75, 3.05) is 0 Å². The first-order valence-electron chi connectivity index (χ1n) is 15.5. The number of hydrogen-bond donors (Lipinski definition) is 6. The van der Waals surface area contributed by atoms with Crippen molar-refractivity contribution in [1.29, 1.82) is 0 Å². The molecule has 4 rings (SSSR count). The number of carbonyl (C=O) groups excluding carboxylic acids is 4. The second-order valence-corrected chi connectivity index (χ2v) is 12.1. The van der Waals surface area contributed by atoms with E-state index in [9.17, 15) is 24.3 Å². The van der Waals surface area contributed by atoms with Gasteiger partial charge in [-0.3, -0.25) is 19.2 Å². The summed E-state index contributed by atoms with van der Waals surface area (Å²) < 4.78 is 0. The SMILES string of the molecule is CCCCC(NC(=O)[C@H](Cc1c[nH]c2ccccc12)NC(=O)[C@H](C)NC(=O)c1cccc(Cl)c1Cl)C(O)C(=O)NCc1ccccc1. The van der Waals surface area contributed by atoms with Crippen LogP contribution in [0.2, 0.25) is 10.0 Å². The number of aliphatic hydroxyl groups excluding tert-OH is 1. The molecule has 47 heavy (non-hydrogen) atoms. The summed E-state index contributed by atoms with van der Waals surface area (Å²) in [7, 11) is 0. The zero-order chi connectivity index (χ0) is 33.9. The molecule has 10 nitrogen and oxygen atoms in total. The largest absolute Gasteiger partial charge is 0.381 e. The molecule has 0 aliphatic heterocycles. The van der Waals surface area contributed by atoms with Gasteiger partial charge in [-0.25, -0.2) is 0 Å². The van der Waals surface area contributed by atoms with Gasteiger partial charge in [0.25, 0.3) is 11.8 Å². The number of aromatic nitrogens is 1. The first-order chi connectivity index (χ1) is 22.6. The standard InChI is InChI=1S/C35H39Cl2N5O5/c1-3-4-16-28(31(43)35(47)39-19-22-11-6-5-7-12-22)41-34(46)29(18-23-20-38-27-17-9-8-13-24(23)27)42-32(44)21(2)40-33(45)25-14-10-15-26(36)30(25)37/h5-15,17,20-21,28-29,31,38,43H,3-4,16,18-19H2,1-2H3,(H,39,47)(H,40,45)(H,41,46)(H,42,44)/t21-,28?,29-,31?/m0/s1. The minimum Gasteiger partial charge on any atom is -0.381 e. The van der Waals surface area contributed by atoms with Gasteiger partial charge in [-0.1, -0.05) is 97.6 Å². The lowest BCUT2D eigenvalue weighted by molar-refractivity contribution is -0.134. The first-order valence-corrected chi connectivity index (χ1v) is 16.2. The Balaban J connectivity index is 1.51. The monoisotopic (exact) mass is 679 g/mol. The van der Waals surface area contributed by atoms with E-state index in [1.807, 2.05) is 61.5 Å². The maximum absolute atomic E-state index is 13.9. The fraction of sp³-hybridized carbons (Fsp3) is 0.314. The van der Waals surface area contributed by atoms with Crippen LogP contribution in [0.3, 0.4) is 0 Å². The van der Waals surface area contributed by atoms with Crippen LogP contribution < -0.4 is 21.3 Å². The third-order valence-electron chi connectivity index (χ3n) is 7.82.